The second-order valence-electron chi connectivity index (χ2n) is 7.90. The van der Waals surface area contributed by atoms with Gasteiger partial charge in [-0.05, 0) is 51.9 Å². The number of aromatic nitrogens is 3. The first-order chi connectivity index (χ1) is 14.1. The van der Waals surface area contributed by atoms with E-state index in [1.165, 1.54) is 24.6 Å². The minimum Gasteiger partial charge on any atom is -0.372 e. The first-order valence-electron chi connectivity index (χ1n) is 10.4. The van der Waals surface area contributed by atoms with E-state index in [4.69, 9.17) is 4.74 Å². The summed E-state index contributed by atoms with van der Waals surface area (Å²) in [5.74, 6) is 1.41. The average molecular weight is 416 g/mol. The van der Waals surface area contributed by atoms with E-state index >= 15 is 0 Å². The van der Waals surface area contributed by atoms with Crippen LogP contribution in [0.1, 0.15) is 32.5 Å². The van der Waals surface area contributed by atoms with E-state index in [1.807, 2.05) is 36.9 Å². The number of thioether (sulfide) groups is 1. The molecular weight excluding hydrogens is 386 g/mol. The van der Waals surface area contributed by atoms with Crippen molar-refractivity contribution in [1.29, 1.82) is 0 Å². The van der Waals surface area contributed by atoms with Gasteiger partial charge in [0.05, 0.1) is 24.5 Å². The van der Waals surface area contributed by atoms with E-state index in [0.29, 0.717) is 18.8 Å². The highest BCUT2D eigenvalue weighted by Gasteiger charge is 2.26. The van der Waals surface area contributed by atoms with Gasteiger partial charge in [-0.2, -0.15) is 0 Å². The molecule has 2 aliphatic heterocycles. The summed E-state index contributed by atoms with van der Waals surface area (Å²) in [6, 6.07) is 10.2. The van der Waals surface area contributed by atoms with Crippen LogP contribution in [0.2, 0.25) is 0 Å². The number of rotatable bonds is 6. The molecule has 29 heavy (non-hydrogen) atoms. The minimum absolute atomic E-state index is 0.0766. The van der Waals surface area contributed by atoms with Crippen LogP contribution in [0.5, 0.6) is 0 Å². The Morgan fingerprint density at radius 1 is 1.10 bits per heavy atom. The third-order valence-corrected chi connectivity index (χ3v) is 6.29. The van der Waals surface area contributed by atoms with Crippen molar-refractivity contribution in [1.82, 2.24) is 24.6 Å². The Balaban J connectivity index is 1.49. The third kappa shape index (κ3) is 4.99. The molecule has 2 aromatic rings. The van der Waals surface area contributed by atoms with Crippen molar-refractivity contribution in [3.63, 3.8) is 0 Å². The molecule has 2 fully saturated rings. The summed E-state index contributed by atoms with van der Waals surface area (Å²) in [7, 11) is 0. The average Bonchev–Trinajstić information content (AvgIpc) is 3.36. The Labute approximate surface area is 176 Å². The zero-order valence-corrected chi connectivity index (χ0v) is 18.0. The van der Waals surface area contributed by atoms with Gasteiger partial charge in [0.2, 0.25) is 5.91 Å². The van der Waals surface area contributed by atoms with Gasteiger partial charge >= 0.3 is 0 Å². The van der Waals surface area contributed by atoms with Gasteiger partial charge in [0, 0.05) is 18.8 Å². The lowest BCUT2D eigenvalue weighted by Crippen LogP contribution is -2.48. The van der Waals surface area contributed by atoms with Gasteiger partial charge in [-0.15, -0.1) is 10.2 Å². The number of likely N-dealkylation sites (tertiary alicyclic amines) is 1. The summed E-state index contributed by atoms with van der Waals surface area (Å²) in [5, 5.41) is 9.68. The van der Waals surface area contributed by atoms with Gasteiger partial charge in [0.25, 0.3) is 0 Å². The first-order valence-corrected chi connectivity index (χ1v) is 11.4. The summed E-state index contributed by atoms with van der Waals surface area (Å²) >= 11 is 1.46. The number of morpholine rings is 1. The number of carbonyl (C=O) groups is 1. The maximum Gasteiger partial charge on any atom is 0.233 e. The lowest BCUT2D eigenvalue weighted by molar-refractivity contribution is -0.140. The lowest BCUT2D eigenvalue weighted by atomic mass is 10.2. The van der Waals surface area contributed by atoms with Crippen LogP contribution in [-0.2, 0) is 16.1 Å². The Morgan fingerprint density at radius 3 is 2.48 bits per heavy atom. The van der Waals surface area contributed by atoms with Gasteiger partial charge < -0.3 is 9.64 Å². The van der Waals surface area contributed by atoms with E-state index in [1.54, 1.807) is 0 Å². The summed E-state index contributed by atoms with van der Waals surface area (Å²) in [6.07, 6.45) is 2.64. The molecule has 2 aliphatic rings. The van der Waals surface area contributed by atoms with Gasteiger partial charge in [-0.3, -0.25) is 14.3 Å². The third-order valence-electron chi connectivity index (χ3n) is 5.38. The van der Waals surface area contributed by atoms with Gasteiger partial charge in [-0.1, -0.05) is 30.0 Å². The monoisotopic (exact) mass is 415 g/mol. The number of nitrogens with zero attached hydrogens (tertiary/aromatic N) is 5. The predicted molar refractivity (Wildman–Crippen MR) is 113 cm³/mol. The standard InChI is InChI=1S/C21H29N5O2S/c1-16-12-25(13-17(2)28-16)20(27)15-29-21-23-22-19(14-24-10-6-7-11-24)26(21)18-8-4-3-5-9-18/h3-5,8-9,16-17H,6-7,10-15H2,1-2H3/t16-,17-/m1/s1. The van der Waals surface area contributed by atoms with Crippen LogP contribution in [0, 0.1) is 0 Å². The first kappa shape index (κ1) is 20.4. The van der Waals surface area contributed by atoms with Gasteiger partial charge in [-0.25, -0.2) is 0 Å². The lowest BCUT2D eigenvalue weighted by Gasteiger charge is -2.35. The minimum atomic E-state index is 0.0766. The summed E-state index contributed by atoms with van der Waals surface area (Å²) < 4.78 is 7.84. The molecule has 0 radical (unpaired) electrons. The second-order valence-corrected chi connectivity index (χ2v) is 8.84. The quantitative estimate of drug-likeness (QED) is 0.676. The number of benzene rings is 1. The largest absolute Gasteiger partial charge is 0.372 e. The molecule has 0 bridgehead atoms. The van der Waals surface area contributed by atoms with Crippen LogP contribution in [0.4, 0.5) is 0 Å². The van der Waals surface area contributed by atoms with E-state index in [0.717, 1.165) is 36.3 Å². The topological polar surface area (TPSA) is 63.5 Å². The Bertz CT molecular complexity index is 812. The van der Waals surface area contributed by atoms with Crippen molar-refractivity contribution in [3.8, 4) is 5.69 Å². The molecule has 7 nitrogen and oxygen atoms in total. The fourth-order valence-corrected chi connectivity index (χ4v) is 4.95. The van der Waals surface area contributed by atoms with Crippen LogP contribution in [0.3, 0.4) is 0 Å². The Hall–Kier alpha value is -1.90. The second kappa shape index (κ2) is 9.28. The highest BCUT2D eigenvalue weighted by atomic mass is 32.2. The Morgan fingerprint density at radius 2 is 1.79 bits per heavy atom. The van der Waals surface area contributed by atoms with E-state index in [9.17, 15) is 4.79 Å². The van der Waals surface area contributed by atoms with Crippen LogP contribution in [0.15, 0.2) is 35.5 Å². The molecule has 156 valence electrons. The van der Waals surface area contributed by atoms with Crippen LogP contribution in [-0.4, -0.2) is 74.6 Å². The Kier molecular flexibility index (Phi) is 6.52. The van der Waals surface area contributed by atoms with Gasteiger partial charge in [0.1, 0.15) is 0 Å². The molecular formula is C21H29N5O2S. The SMILES string of the molecule is C[C@@H]1CN(C(=O)CSc2nnc(CN3CCCC3)n2-c2ccccc2)C[C@@H](C)O1. The molecule has 0 saturated carbocycles. The molecule has 3 heterocycles. The number of carbonyl (C=O) groups excluding carboxylic acids is 1. The van der Waals surface area contributed by atoms with Crippen molar-refractivity contribution in [2.75, 3.05) is 31.9 Å². The van der Waals surface area contributed by atoms with Crippen molar-refractivity contribution in [3.05, 3.63) is 36.2 Å². The fraction of sp³-hybridized carbons (Fsp3) is 0.571. The van der Waals surface area contributed by atoms with Crippen LogP contribution < -0.4 is 0 Å². The maximum atomic E-state index is 12.8. The normalized spacial score (nSPS) is 22.9. The molecule has 0 aliphatic carbocycles. The van der Waals surface area contributed by atoms with Crippen LogP contribution in [0.25, 0.3) is 5.69 Å². The zero-order chi connectivity index (χ0) is 20.2. The van der Waals surface area contributed by atoms with Crippen molar-refractivity contribution < 1.29 is 9.53 Å². The van der Waals surface area contributed by atoms with Crippen molar-refractivity contribution in [2.24, 2.45) is 0 Å². The molecule has 8 heteroatoms. The number of amides is 1. The number of ether oxygens (including phenoxy) is 1. The molecule has 4 rings (SSSR count). The van der Waals surface area contributed by atoms with Gasteiger partial charge in [0.15, 0.2) is 11.0 Å². The number of hydrogen-bond acceptors (Lipinski definition) is 6. The van der Waals surface area contributed by atoms with Crippen molar-refractivity contribution >= 4 is 17.7 Å². The molecule has 1 amide bonds. The maximum absolute atomic E-state index is 12.8. The van der Waals surface area contributed by atoms with E-state index in [2.05, 4.69) is 31.8 Å². The fourth-order valence-electron chi connectivity index (χ4n) is 4.07. The molecule has 0 N–H and O–H groups in total. The molecule has 1 aromatic carbocycles. The summed E-state index contributed by atoms with van der Waals surface area (Å²) in [6.45, 7) is 8.32. The molecule has 0 unspecified atom stereocenters. The summed E-state index contributed by atoms with van der Waals surface area (Å²) in [5.41, 5.74) is 1.04. The molecule has 2 atom stereocenters. The van der Waals surface area contributed by atoms with Crippen LogP contribution >= 0.6 is 11.8 Å². The zero-order valence-electron chi connectivity index (χ0n) is 17.2. The number of hydrogen-bond donors (Lipinski definition) is 0. The highest BCUT2D eigenvalue weighted by molar-refractivity contribution is 7.99. The van der Waals surface area contributed by atoms with Crippen molar-refractivity contribution in [2.45, 2.75) is 50.6 Å². The van der Waals surface area contributed by atoms with E-state index < -0.39 is 0 Å². The number of para-hydroxylation sites is 1. The molecule has 0 spiro atoms. The molecule has 2 saturated heterocycles. The smallest absolute Gasteiger partial charge is 0.233 e. The van der Waals surface area contributed by atoms with E-state index in [-0.39, 0.29) is 18.1 Å². The molecule has 1 aromatic heterocycles. The highest BCUT2D eigenvalue weighted by Crippen LogP contribution is 2.24. The predicted octanol–water partition coefficient (Wildman–Crippen LogP) is 2.59. The summed E-state index contributed by atoms with van der Waals surface area (Å²) in [4.78, 5) is 17.1.